The fourth-order valence-corrected chi connectivity index (χ4v) is 3.88. The van der Waals surface area contributed by atoms with Gasteiger partial charge in [-0.2, -0.15) is 0 Å². The zero-order valence-corrected chi connectivity index (χ0v) is 16.5. The molecule has 5 heteroatoms. The van der Waals surface area contributed by atoms with Crippen LogP contribution in [0.1, 0.15) is 59.8 Å². The highest BCUT2D eigenvalue weighted by Gasteiger charge is 2.52. The molecule has 3 nitrogen and oxygen atoms in total. The lowest BCUT2D eigenvalue weighted by atomic mass is 9.77. The summed E-state index contributed by atoms with van der Waals surface area (Å²) in [5.74, 6) is 0. The van der Waals surface area contributed by atoms with Crippen LogP contribution in [0.2, 0.25) is 0 Å². The number of benzene rings is 1. The van der Waals surface area contributed by atoms with Crippen molar-refractivity contribution in [3.63, 3.8) is 0 Å². The van der Waals surface area contributed by atoms with E-state index in [4.69, 9.17) is 9.31 Å². The molecule has 0 amide bonds. The van der Waals surface area contributed by atoms with Crippen LogP contribution < -0.4 is 10.8 Å². The summed E-state index contributed by atoms with van der Waals surface area (Å²) in [5, 5.41) is 3.76. The molecule has 0 radical (unpaired) electrons. The van der Waals surface area contributed by atoms with E-state index >= 15 is 0 Å². The van der Waals surface area contributed by atoms with E-state index < -0.39 is 0 Å². The van der Waals surface area contributed by atoms with Gasteiger partial charge in [0, 0.05) is 22.1 Å². The van der Waals surface area contributed by atoms with Gasteiger partial charge in [-0.25, -0.2) is 0 Å². The van der Waals surface area contributed by atoms with E-state index in [9.17, 15) is 0 Å². The predicted octanol–water partition coefficient (Wildman–Crippen LogP) is 4.45. The molecule has 0 spiro atoms. The summed E-state index contributed by atoms with van der Waals surface area (Å²) in [6.45, 7) is 8.44. The molecule has 2 fully saturated rings. The number of hydrogen-bond acceptors (Lipinski definition) is 4. The molecule has 132 valence electrons. The van der Waals surface area contributed by atoms with Gasteiger partial charge in [-0.3, -0.25) is 0 Å². The Morgan fingerprint density at radius 1 is 1.04 bits per heavy atom. The Hall–Kier alpha value is -0.645. The lowest BCUT2D eigenvalue weighted by Gasteiger charge is -2.32. The zero-order valence-electron chi connectivity index (χ0n) is 15.6. The van der Waals surface area contributed by atoms with Gasteiger partial charge < -0.3 is 14.6 Å². The van der Waals surface area contributed by atoms with E-state index in [-0.39, 0.29) is 18.3 Å². The summed E-state index contributed by atoms with van der Waals surface area (Å²) < 4.78 is 12.6. The third kappa shape index (κ3) is 3.63. The highest BCUT2D eigenvalue weighted by molar-refractivity contribution is 7.98. The van der Waals surface area contributed by atoms with Crippen molar-refractivity contribution in [1.82, 2.24) is 0 Å². The van der Waals surface area contributed by atoms with E-state index in [0.29, 0.717) is 6.04 Å². The van der Waals surface area contributed by atoms with Gasteiger partial charge in [-0.1, -0.05) is 19.3 Å². The topological polar surface area (TPSA) is 30.5 Å². The van der Waals surface area contributed by atoms with Crippen LogP contribution in [0.5, 0.6) is 0 Å². The fraction of sp³-hybridized carbons (Fsp3) is 0.684. The number of rotatable bonds is 4. The zero-order chi connectivity index (χ0) is 17.4. The first-order valence-electron chi connectivity index (χ1n) is 9.12. The number of thioether (sulfide) groups is 1. The minimum absolute atomic E-state index is 0.310. The molecule has 1 N–H and O–H groups in total. The van der Waals surface area contributed by atoms with Crippen molar-refractivity contribution >= 4 is 30.0 Å². The molecule has 0 unspecified atom stereocenters. The largest absolute Gasteiger partial charge is 0.497 e. The molecule has 3 rings (SSSR count). The molecule has 1 aromatic rings. The molecule has 1 heterocycles. The first-order chi connectivity index (χ1) is 11.3. The lowest BCUT2D eigenvalue weighted by molar-refractivity contribution is 0.00578. The van der Waals surface area contributed by atoms with E-state index in [2.05, 4.69) is 57.5 Å². The molecule has 0 bridgehead atoms. The van der Waals surface area contributed by atoms with Crippen LogP contribution in [0.4, 0.5) is 5.69 Å². The van der Waals surface area contributed by atoms with E-state index in [1.807, 2.05) is 0 Å². The summed E-state index contributed by atoms with van der Waals surface area (Å²) in [5.41, 5.74) is 1.67. The Morgan fingerprint density at radius 2 is 1.67 bits per heavy atom. The maximum Gasteiger partial charge on any atom is 0.497 e. The standard InChI is InChI=1S/C19H30BNO2S/c1-18(2)19(3,4)23-20(22-18)16-13-15(24-5)11-12-17(16)21-14-9-7-6-8-10-14/h11-14,21H,6-10H2,1-5H3. The smallest absolute Gasteiger partial charge is 0.399 e. The second kappa shape index (κ2) is 6.93. The van der Waals surface area contributed by atoms with Crippen LogP contribution in [0.25, 0.3) is 0 Å². The van der Waals surface area contributed by atoms with Gasteiger partial charge in [-0.05, 0) is 65.0 Å². The highest BCUT2D eigenvalue weighted by atomic mass is 32.2. The Morgan fingerprint density at radius 3 is 2.25 bits per heavy atom. The van der Waals surface area contributed by atoms with E-state index in [1.54, 1.807) is 11.8 Å². The molecule has 2 aliphatic rings. The second-order valence-corrected chi connectivity index (χ2v) is 8.90. The van der Waals surface area contributed by atoms with Crippen LogP contribution in [0.3, 0.4) is 0 Å². The third-order valence-electron chi connectivity index (χ3n) is 5.73. The Bertz CT molecular complexity index is 569. The Labute approximate surface area is 151 Å². The maximum absolute atomic E-state index is 6.31. The molecular formula is C19H30BNO2S. The van der Waals surface area contributed by atoms with Crippen molar-refractivity contribution in [3.05, 3.63) is 18.2 Å². The van der Waals surface area contributed by atoms with Gasteiger partial charge >= 0.3 is 7.12 Å². The number of hydrogen-bond donors (Lipinski definition) is 1. The van der Waals surface area contributed by atoms with Gasteiger partial charge in [0.05, 0.1) is 11.2 Å². The van der Waals surface area contributed by atoms with Crippen molar-refractivity contribution in [3.8, 4) is 0 Å². The van der Waals surface area contributed by atoms with Crippen molar-refractivity contribution in [2.45, 2.75) is 81.9 Å². The van der Waals surface area contributed by atoms with Crippen LogP contribution >= 0.6 is 11.8 Å². The molecule has 1 saturated carbocycles. The van der Waals surface area contributed by atoms with E-state index in [0.717, 1.165) is 5.46 Å². The Kier molecular flexibility index (Phi) is 5.24. The quantitative estimate of drug-likeness (QED) is 0.644. The van der Waals surface area contributed by atoms with Crippen molar-refractivity contribution in [1.29, 1.82) is 0 Å². The van der Waals surface area contributed by atoms with Gasteiger partial charge in [0.15, 0.2) is 0 Å². The first kappa shape index (κ1) is 18.2. The van der Waals surface area contributed by atoms with Crippen molar-refractivity contribution in [2.24, 2.45) is 0 Å². The minimum atomic E-state index is -0.312. The molecule has 1 aliphatic heterocycles. The molecular weight excluding hydrogens is 317 g/mol. The lowest BCUT2D eigenvalue weighted by Crippen LogP contribution is -2.41. The number of anilines is 1. The fourth-order valence-electron chi connectivity index (χ4n) is 3.43. The third-order valence-corrected chi connectivity index (χ3v) is 6.46. The predicted molar refractivity (Wildman–Crippen MR) is 104 cm³/mol. The summed E-state index contributed by atoms with van der Waals surface area (Å²) in [6, 6.07) is 7.17. The molecule has 1 aromatic carbocycles. The monoisotopic (exact) mass is 347 g/mol. The second-order valence-electron chi connectivity index (χ2n) is 8.02. The average Bonchev–Trinajstić information content (AvgIpc) is 2.76. The SMILES string of the molecule is CSc1ccc(NC2CCCCC2)c(B2OC(C)(C)C(C)(C)O2)c1. The number of nitrogens with one attached hydrogen (secondary N) is 1. The first-order valence-corrected chi connectivity index (χ1v) is 10.3. The van der Waals surface area contributed by atoms with Crippen LogP contribution in [0, 0.1) is 0 Å². The summed E-state index contributed by atoms with van der Waals surface area (Å²) >= 11 is 1.76. The van der Waals surface area contributed by atoms with Gasteiger partial charge in [-0.15, -0.1) is 11.8 Å². The molecule has 1 saturated heterocycles. The minimum Gasteiger partial charge on any atom is -0.399 e. The van der Waals surface area contributed by atoms with Crippen LogP contribution in [-0.2, 0) is 9.31 Å². The molecule has 0 atom stereocenters. The normalized spacial score (nSPS) is 23.5. The highest BCUT2D eigenvalue weighted by Crippen LogP contribution is 2.37. The van der Waals surface area contributed by atoms with Crippen LogP contribution in [0.15, 0.2) is 23.1 Å². The molecule has 1 aliphatic carbocycles. The van der Waals surface area contributed by atoms with E-state index in [1.165, 1.54) is 42.7 Å². The van der Waals surface area contributed by atoms with Crippen molar-refractivity contribution in [2.75, 3.05) is 11.6 Å². The van der Waals surface area contributed by atoms with Gasteiger partial charge in [0.1, 0.15) is 0 Å². The van der Waals surface area contributed by atoms with Gasteiger partial charge in [0.25, 0.3) is 0 Å². The molecule has 24 heavy (non-hydrogen) atoms. The van der Waals surface area contributed by atoms with Crippen LogP contribution in [-0.4, -0.2) is 30.6 Å². The summed E-state index contributed by atoms with van der Waals surface area (Å²) in [6.07, 6.45) is 8.64. The Balaban J connectivity index is 1.87. The summed E-state index contributed by atoms with van der Waals surface area (Å²) in [7, 11) is -0.312. The van der Waals surface area contributed by atoms with Crippen molar-refractivity contribution < 1.29 is 9.31 Å². The maximum atomic E-state index is 6.31. The van der Waals surface area contributed by atoms with Gasteiger partial charge in [0.2, 0.25) is 0 Å². The summed E-state index contributed by atoms with van der Waals surface area (Å²) in [4.78, 5) is 1.24. The molecule has 0 aromatic heterocycles. The average molecular weight is 347 g/mol.